The largest absolute Gasteiger partial charge is 0.395 e. The minimum atomic E-state index is 0.112. The number of hydrogen-bond acceptors (Lipinski definition) is 5. The summed E-state index contributed by atoms with van der Waals surface area (Å²) in [5.41, 5.74) is 0. The highest BCUT2D eigenvalue weighted by molar-refractivity contribution is 8.13. The van der Waals surface area contributed by atoms with Crippen LogP contribution in [0.15, 0.2) is 0 Å². The second-order valence-electron chi connectivity index (χ2n) is 4.19. The number of carbonyl (C=O) groups excluding carboxylic acids is 2. The van der Waals surface area contributed by atoms with Gasteiger partial charge in [-0.1, -0.05) is 11.8 Å². The molecule has 98 valence electrons. The van der Waals surface area contributed by atoms with E-state index in [0.29, 0.717) is 32.0 Å². The molecule has 1 rings (SSSR count). The molecule has 1 atom stereocenters. The van der Waals surface area contributed by atoms with E-state index in [4.69, 9.17) is 5.11 Å². The Hall–Kier alpha value is -0.590. The molecule has 6 heteroatoms. The molecule has 5 nitrogen and oxygen atoms in total. The van der Waals surface area contributed by atoms with Gasteiger partial charge in [-0.05, 0) is 5.92 Å². The van der Waals surface area contributed by atoms with Crippen LogP contribution in [0, 0.1) is 5.92 Å². The van der Waals surface area contributed by atoms with Gasteiger partial charge in [0.2, 0.25) is 5.91 Å². The monoisotopic (exact) mass is 260 g/mol. The molecule has 1 amide bonds. The molecule has 0 aliphatic carbocycles. The van der Waals surface area contributed by atoms with Gasteiger partial charge in [-0.3, -0.25) is 9.59 Å². The van der Waals surface area contributed by atoms with Crippen molar-refractivity contribution in [3.8, 4) is 0 Å². The predicted octanol–water partition coefficient (Wildman–Crippen LogP) is -0.303. The third-order valence-electron chi connectivity index (χ3n) is 2.66. The topological polar surface area (TPSA) is 69.6 Å². The van der Waals surface area contributed by atoms with Gasteiger partial charge in [0.05, 0.1) is 6.61 Å². The van der Waals surface area contributed by atoms with Crippen molar-refractivity contribution in [3.63, 3.8) is 0 Å². The summed E-state index contributed by atoms with van der Waals surface area (Å²) in [6.45, 7) is 4.37. The Morgan fingerprint density at radius 1 is 1.59 bits per heavy atom. The van der Waals surface area contributed by atoms with Crippen LogP contribution >= 0.6 is 11.8 Å². The van der Waals surface area contributed by atoms with Gasteiger partial charge in [-0.15, -0.1) is 0 Å². The van der Waals surface area contributed by atoms with E-state index < -0.39 is 0 Å². The molecule has 1 aliphatic rings. The van der Waals surface area contributed by atoms with Crippen molar-refractivity contribution < 1.29 is 14.7 Å². The fourth-order valence-corrected chi connectivity index (χ4v) is 2.53. The first-order valence-electron chi connectivity index (χ1n) is 5.86. The van der Waals surface area contributed by atoms with E-state index in [9.17, 15) is 9.59 Å². The lowest BCUT2D eigenvalue weighted by atomic mass is 10.1. The Morgan fingerprint density at radius 2 is 2.35 bits per heavy atom. The van der Waals surface area contributed by atoms with E-state index in [-0.39, 0.29) is 17.6 Å². The minimum absolute atomic E-state index is 0.112. The molecule has 0 bridgehead atoms. The van der Waals surface area contributed by atoms with E-state index in [1.165, 1.54) is 11.8 Å². The molecule has 1 aliphatic heterocycles. The second kappa shape index (κ2) is 7.68. The molecule has 0 aromatic carbocycles. The van der Waals surface area contributed by atoms with Gasteiger partial charge in [-0.25, -0.2) is 0 Å². The summed E-state index contributed by atoms with van der Waals surface area (Å²) < 4.78 is 0. The normalized spacial score (nSPS) is 20.0. The van der Waals surface area contributed by atoms with E-state index in [2.05, 4.69) is 5.32 Å². The summed E-state index contributed by atoms with van der Waals surface area (Å²) >= 11 is 1.30. The zero-order valence-corrected chi connectivity index (χ0v) is 11.0. The van der Waals surface area contributed by atoms with Crippen molar-refractivity contribution in [1.82, 2.24) is 10.2 Å². The summed E-state index contributed by atoms with van der Waals surface area (Å²) in [6.07, 6.45) is 0.556. The Balaban J connectivity index is 2.19. The smallest absolute Gasteiger partial charge is 0.222 e. The van der Waals surface area contributed by atoms with E-state index in [1.54, 1.807) is 6.92 Å². The maximum Gasteiger partial charge on any atom is 0.222 e. The molecule has 0 saturated carbocycles. The second-order valence-corrected chi connectivity index (χ2v) is 5.38. The van der Waals surface area contributed by atoms with Crippen molar-refractivity contribution in [1.29, 1.82) is 0 Å². The Morgan fingerprint density at radius 3 is 3.00 bits per heavy atom. The predicted molar refractivity (Wildman–Crippen MR) is 67.8 cm³/mol. The number of hydrogen-bond donors (Lipinski definition) is 2. The van der Waals surface area contributed by atoms with Crippen LogP contribution < -0.4 is 5.32 Å². The molecule has 0 spiro atoms. The number of likely N-dealkylation sites (tertiary alicyclic amines) is 1. The molecule has 1 saturated heterocycles. The first-order chi connectivity index (χ1) is 8.13. The highest BCUT2D eigenvalue weighted by Crippen LogP contribution is 2.21. The average Bonchev–Trinajstić information content (AvgIpc) is 2.63. The van der Waals surface area contributed by atoms with Crippen molar-refractivity contribution >= 4 is 22.8 Å². The number of carbonyl (C=O) groups is 2. The fraction of sp³-hybridized carbons (Fsp3) is 0.818. The molecule has 17 heavy (non-hydrogen) atoms. The summed E-state index contributed by atoms with van der Waals surface area (Å²) in [5, 5.41) is 11.8. The summed E-state index contributed by atoms with van der Waals surface area (Å²) in [4.78, 5) is 24.3. The molecular weight excluding hydrogens is 240 g/mol. The number of aliphatic hydroxyl groups is 1. The Kier molecular flexibility index (Phi) is 6.54. The number of thioether (sulfide) groups is 1. The zero-order chi connectivity index (χ0) is 12.7. The summed E-state index contributed by atoms with van der Waals surface area (Å²) in [5.74, 6) is 1.21. The molecule has 2 N–H and O–H groups in total. The average molecular weight is 260 g/mol. The number of rotatable bonds is 7. The molecule has 1 fully saturated rings. The standard InChI is InChI=1S/C11H20N2O3S/c1-9(15)17-8-10-6-11(16)13(7-10)4-2-12-3-5-14/h10,12,14H,2-8H2,1H3. The zero-order valence-electron chi connectivity index (χ0n) is 10.1. The van der Waals surface area contributed by atoms with Gasteiger partial charge in [0.15, 0.2) is 5.12 Å². The van der Waals surface area contributed by atoms with Crippen LogP contribution in [0.25, 0.3) is 0 Å². The fourth-order valence-electron chi connectivity index (χ4n) is 1.83. The third-order valence-corrected chi connectivity index (χ3v) is 3.71. The Bertz CT molecular complexity index is 273. The van der Waals surface area contributed by atoms with Gasteiger partial charge >= 0.3 is 0 Å². The van der Waals surface area contributed by atoms with Crippen LogP contribution in [0.4, 0.5) is 0 Å². The molecular formula is C11H20N2O3S. The van der Waals surface area contributed by atoms with Crippen molar-refractivity contribution in [2.75, 3.05) is 38.5 Å². The highest BCUT2D eigenvalue weighted by atomic mass is 32.2. The van der Waals surface area contributed by atoms with Crippen molar-refractivity contribution in [2.45, 2.75) is 13.3 Å². The number of nitrogens with one attached hydrogen (secondary N) is 1. The van der Waals surface area contributed by atoms with Crippen molar-refractivity contribution in [2.24, 2.45) is 5.92 Å². The lowest BCUT2D eigenvalue weighted by Gasteiger charge is -2.16. The maximum atomic E-state index is 11.6. The number of amides is 1. The van der Waals surface area contributed by atoms with Crippen LogP contribution in [0.5, 0.6) is 0 Å². The van der Waals surface area contributed by atoms with Gasteiger partial charge in [0.25, 0.3) is 0 Å². The highest BCUT2D eigenvalue weighted by Gasteiger charge is 2.29. The van der Waals surface area contributed by atoms with Crippen LogP contribution in [-0.4, -0.2) is 59.6 Å². The van der Waals surface area contributed by atoms with E-state index in [0.717, 1.165) is 12.3 Å². The first-order valence-corrected chi connectivity index (χ1v) is 6.84. The summed E-state index contributed by atoms with van der Waals surface area (Å²) in [7, 11) is 0. The SMILES string of the molecule is CC(=O)SCC1CC(=O)N(CCNCCO)C1. The number of aliphatic hydroxyl groups excluding tert-OH is 1. The lowest BCUT2D eigenvalue weighted by Crippen LogP contribution is -2.34. The first kappa shape index (κ1) is 14.5. The molecule has 0 aromatic rings. The minimum Gasteiger partial charge on any atom is -0.395 e. The van der Waals surface area contributed by atoms with Gasteiger partial charge in [0.1, 0.15) is 0 Å². The van der Waals surface area contributed by atoms with Crippen LogP contribution in [0.1, 0.15) is 13.3 Å². The molecule has 1 unspecified atom stereocenters. The quantitative estimate of drug-likeness (QED) is 0.615. The van der Waals surface area contributed by atoms with Gasteiger partial charge in [0, 0.05) is 45.3 Å². The number of nitrogens with zero attached hydrogens (tertiary/aromatic N) is 1. The molecule has 0 aromatic heterocycles. The third kappa shape index (κ3) is 5.52. The molecule has 1 heterocycles. The summed E-state index contributed by atoms with van der Waals surface area (Å²) in [6, 6.07) is 0. The van der Waals surface area contributed by atoms with Crippen LogP contribution in [-0.2, 0) is 9.59 Å². The van der Waals surface area contributed by atoms with E-state index in [1.807, 2.05) is 4.90 Å². The van der Waals surface area contributed by atoms with Crippen molar-refractivity contribution in [3.05, 3.63) is 0 Å². The lowest BCUT2D eigenvalue weighted by molar-refractivity contribution is -0.127. The van der Waals surface area contributed by atoms with Gasteiger partial charge < -0.3 is 15.3 Å². The van der Waals surface area contributed by atoms with E-state index >= 15 is 0 Å². The maximum absolute atomic E-state index is 11.6. The van der Waals surface area contributed by atoms with Crippen LogP contribution in [0.3, 0.4) is 0 Å². The Labute approximate surface area is 106 Å². The van der Waals surface area contributed by atoms with Gasteiger partial charge in [-0.2, -0.15) is 0 Å². The van der Waals surface area contributed by atoms with Crippen LogP contribution in [0.2, 0.25) is 0 Å². The molecule has 0 radical (unpaired) electrons.